The average molecular weight is 332 g/mol. The third kappa shape index (κ3) is 3.88. The lowest BCUT2D eigenvalue weighted by atomic mass is 10.0. The lowest BCUT2D eigenvalue weighted by Gasteiger charge is -2.40. The Morgan fingerprint density at radius 1 is 1.17 bits per heavy atom. The second kappa shape index (κ2) is 7.96. The van der Waals surface area contributed by atoms with Crippen LogP contribution in [0.1, 0.15) is 18.5 Å². The van der Waals surface area contributed by atoms with Crippen molar-refractivity contribution in [1.29, 1.82) is 0 Å². The molecule has 2 heterocycles. The molecule has 1 atom stereocenters. The number of likely N-dealkylation sites (N-methyl/N-ethyl adjacent to an activating group) is 1. The number of phenolic OH excluding ortho intramolecular Hbond substituents is 1. The largest absolute Gasteiger partial charge is 0.508 e. The number of nitrogens with one attached hydrogen (secondary N) is 1. The highest BCUT2D eigenvalue weighted by Crippen LogP contribution is 2.27. The summed E-state index contributed by atoms with van der Waals surface area (Å²) in [6.07, 6.45) is 0. The summed E-state index contributed by atoms with van der Waals surface area (Å²) in [5.74, 6) is 0.384. The van der Waals surface area contributed by atoms with Crippen LogP contribution in [0.25, 0.3) is 0 Å². The molecule has 0 aromatic heterocycles. The van der Waals surface area contributed by atoms with Crippen LogP contribution in [0.3, 0.4) is 0 Å². The molecule has 0 aliphatic carbocycles. The van der Waals surface area contributed by atoms with Crippen LogP contribution in [-0.4, -0.2) is 84.6 Å². The number of carbonyl (C=O) groups is 1. The average Bonchev–Trinajstić information content (AvgIpc) is 2.63. The Hall–Kier alpha value is -1.63. The minimum atomic E-state index is -0.299. The molecule has 2 N–H and O–H groups in total. The Labute approximate surface area is 144 Å². The van der Waals surface area contributed by atoms with Crippen molar-refractivity contribution >= 4 is 5.91 Å². The summed E-state index contributed by atoms with van der Waals surface area (Å²) in [5.41, 5.74) is 0.889. The van der Waals surface area contributed by atoms with E-state index in [-0.39, 0.29) is 17.7 Å². The third-order valence-corrected chi connectivity index (χ3v) is 5.07. The molecule has 0 radical (unpaired) electrons. The molecule has 132 valence electrons. The minimum absolute atomic E-state index is 0.165. The fourth-order valence-electron chi connectivity index (χ4n) is 3.60. The van der Waals surface area contributed by atoms with Crippen molar-refractivity contribution in [2.24, 2.45) is 0 Å². The molecule has 24 heavy (non-hydrogen) atoms. The zero-order chi connectivity index (χ0) is 16.9. The predicted octanol–water partition coefficient (Wildman–Crippen LogP) is 0.503. The standard InChI is InChI=1S/C18H28N4O2/c1-2-20-10-12-22(13-11-20)18(24)17(21-8-6-19-7-9-21)15-4-3-5-16(23)14-15/h3-5,14,17,19,23H,2,6-13H2,1H3. The smallest absolute Gasteiger partial charge is 0.244 e. The van der Waals surface area contributed by atoms with Gasteiger partial charge in [-0.3, -0.25) is 9.69 Å². The summed E-state index contributed by atoms with van der Waals surface area (Å²) < 4.78 is 0. The highest BCUT2D eigenvalue weighted by Gasteiger charge is 2.33. The maximum absolute atomic E-state index is 13.3. The summed E-state index contributed by atoms with van der Waals surface area (Å²) in [4.78, 5) is 19.9. The lowest BCUT2D eigenvalue weighted by molar-refractivity contribution is -0.139. The van der Waals surface area contributed by atoms with Gasteiger partial charge in [-0.05, 0) is 24.2 Å². The Bertz CT molecular complexity index is 552. The number of amides is 1. The van der Waals surface area contributed by atoms with Crippen LogP contribution in [0.15, 0.2) is 24.3 Å². The summed E-state index contributed by atoms with van der Waals surface area (Å²) in [6, 6.07) is 6.86. The van der Waals surface area contributed by atoms with Crippen LogP contribution in [0.5, 0.6) is 5.75 Å². The van der Waals surface area contributed by atoms with Gasteiger partial charge in [0.2, 0.25) is 5.91 Å². The molecule has 2 aliphatic rings. The molecule has 3 rings (SSSR count). The zero-order valence-electron chi connectivity index (χ0n) is 14.4. The van der Waals surface area contributed by atoms with Crippen molar-refractivity contribution in [2.45, 2.75) is 13.0 Å². The highest BCUT2D eigenvalue weighted by molar-refractivity contribution is 5.83. The van der Waals surface area contributed by atoms with E-state index in [2.05, 4.69) is 22.0 Å². The van der Waals surface area contributed by atoms with Crippen molar-refractivity contribution in [3.63, 3.8) is 0 Å². The van der Waals surface area contributed by atoms with Crippen LogP contribution >= 0.6 is 0 Å². The van der Waals surface area contributed by atoms with E-state index in [1.165, 1.54) is 0 Å². The van der Waals surface area contributed by atoms with E-state index in [9.17, 15) is 9.90 Å². The van der Waals surface area contributed by atoms with Crippen LogP contribution < -0.4 is 5.32 Å². The van der Waals surface area contributed by atoms with Gasteiger partial charge < -0.3 is 20.2 Å². The summed E-state index contributed by atoms with van der Waals surface area (Å²) in [7, 11) is 0. The topological polar surface area (TPSA) is 59.1 Å². The number of rotatable bonds is 4. The molecule has 6 heteroatoms. The number of benzene rings is 1. The first-order valence-corrected chi connectivity index (χ1v) is 8.94. The highest BCUT2D eigenvalue weighted by atomic mass is 16.3. The van der Waals surface area contributed by atoms with Crippen molar-refractivity contribution in [3.8, 4) is 5.75 Å². The van der Waals surface area contributed by atoms with E-state index in [4.69, 9.17) is 0 Å². The number of nitrogens with zero attached hydrogens (tertiary/aromatic N) is 3. The van der Waals surface area contributed by atoms with Crippen molar-refractivity contribution < 1.29 is 9.90 Å². The number of carbonyl (C=O) groups excluding carboxylic acids is 1. The number of aromatic hydroxyl groups is 1. The molecule has 0 spiro atoms. The molecule has 2 fully saturated rings. The van der Waals surface area contributed by atoms with Crippen molar-refractivity contribution in [2.75, 3.05) is 58.9 Å². The van der Waals surface area contributed by atoms with Crippen molar-refractivity contribution in [3.05, 3.63) is 29.8 Å². The van der Waals surface area contributed by atoms with E-state index in [1.54, 1.807) is 12.1 Å². The first-order valence-electron chi connectivity index (χ1n) is 8.94. The minimum Gasteiger partial charge on any atom is -0.508 e. The molecule has 0 saturated carbocycles. The SMILES string of the molecule is CCN1CCN(C(=O)C(c2cccc(O)c2)N2CCNCC2)CC1. The van der Waals surface area contributed by atoms with E-state index < -0.39 is 0 Å². The molecule has 6 nitrogen and oxygen atoms in total. The Morgan fingerprint density at radius 2 is 1.88 bits per heavy atom. The molecule has 0 bridgehead atoms. The number of phenols is 1. The van der Waals surface area contributed by atoms with Gasteiger partial charge in [0.05, 0.1) is 0 Å². The van der Waals surface area contributed by atoms with Crippen LogP contribution in [0.4, 0.5) is 0 Å². The molecular formula is C18H28N4O2. The summed E-state index contributed by atoms with van der Waals surface area (Å²) >= 11 is 0. The number of hydrogen-bond acceptors (Lipinski definition) is 5. The Balaban J connectivity index is 1.80. The molecular weight excluding hydrogens is 304 g/mol. The maximum atomic E-state index is 13.3. The molecule has 1 aromatic rings. The first kappa shape index (κ1) is 17.2. The Morgan fingerprint density at radius 3 is 2.50 bits per heavy atom. The monoisotopic (exact) mass is 332 g/mol. The number of hydrogen-bond donors (Lipinski definition) is 2. The van der Waals surface area contributed by atoms with E-state index in [0.717, 1.165) is 64.5 Å². The van der Waals surface area contributed by atoms with E-state index in [1.807, 2.05) is 17.0 Å². The van der Waals surface area contributed by atoms with Gasteiger partial charge in [-0.1, -0.05) is 19.1 Å². The fraction of sp³-hybridized carbons (Fsp3) is 0.611. The van der Waals surface area contributed by atoms with Gasteiger partial charge in [-0.25, -0.2) is 0 Å². The van der Waals surface area contributed by atoms with Gasteiger partial charge in [0.25, 0.3) is 0 Å². The second-order valence-electron chi connectivity index (χ2n) is 6.54. The molecule has 1 unspecified atom stereocenters. The normalized spacial score (nSPS) is 21.6. The van der Waals surface area contributed by atoms with E-state index >= 15 is 0 Å². The van der Waals surface area contributed by atoms with Gasteiger partial charge >= 0.3 is 0 Å². The maximum Gasteiger partial charge on any atom is 0.244 e. The predicted molar refractivity (Wildman–Crippen MR) is 94.0 cm³/mol. The number of piperazine rings is 2. The second-order valence-corrected chi connectivity index (χ2v) is 6.54. The van der Waals surface area contributed by atoms with Gasteiger partial charge in [0.15, 0.2) is 0 Å². The third-order valence-electron chi connectivity index (χ3n) is 5.07. The van der Waals surface area contributed by atoms with Crippen LogP contribution in [-0.2, 0) is 4.79 Å². The van der Waals surface area contributed by atoms with Gasteiger partial charge in [0, 0.05) is 52.4 Å². The Kier molecular flexibility index (Phi) is 5.71. The van der Waals surface area contributed by atoms with E-state index in [0.29, 0.717) is 0 Å². The molecule has 2 aliphatic heterocycles. The zero-order valence-corrected chi connectivity index (χ0v) is 14.4. The molecule has 1 amide bonds. The van der Waals surface area contributed by atoms with Gasteiger partial charge in [0.1, 0.15) is 11.8 Å². The molecule has 1 aromatic carbocycles. The van der Waals surface area contributed by atoms with Crippen LogP contribution in [0.2, 0.25) is 0 Å². The lowest BCUT2D eigenvalue weighted by Crippen LogP contribution is -2.54. The fourth-order valence-corrected chi connectivity index (χ4v) is 3.60. The molecule has 2 saturated heterocycles. The van der Waals surface area contributed by atoms with Crippen molar-refractivity contribution in [1.82, 2.24) is 20.0 Å². The first-order chi connectivity index (χ1) is 11.7. The summed E-state index contributed by atoms with van der Waals surface area (Å²) in [5, 5.41) is 13.2. The quantitative estimate of drug-likeness (QED) is 0.841. The van der Waals surface area contributed by atoms with Crippen LogP contribution in [0, 0.1) is 0 Å². The van der Waals surface area contributed by atoms with Gasteiger partial charge in [-0.15, -0.1) is 0 Å². The summed E-state index contributed by atoms with van der Waals surface area (Å²) in [6.45, 7) is 10.1. The van der Waals surface area contributed by atoms with Gasteiger partial charge in [-0.2, -0.15) is 0 Å².